The number of piperidine rings is 1. The van der Waals surface area contributed by atoms with Crippen LogP contribution in [0, 0.1) is 0 Å². The first kappa shape index (κ1) is 16.6. The van der Waals surface area contributed by atoms with E-state index >= 15 is 0 Å². The Balaban J connectivity index is 2.15. The van der Waals surface area contributed by atoms with Gasteiger partial charge < -0.3 is 19.9 Å². The van der Waals surface area contributed by atoms with Gasteiger partial charge >= 0.3 is 5.97 Å². The van der Waals surface area contributed by atoms with Crippen LogP contribution in [-0.2, 0) is 9.53 Å². The third-order valence-corrected chi connectivity index (χ3v) is 4.02. The van der Waals surface area contributed by atoms with Gasteiger partial charge in [-0.3, -0.25) is 9.69 Å². The maximum Gasteiger partial charge on any atom is 0.319 e. The largest absolute Gasteiger partial charge is 0.493 e. The molecule has 1 aromatic rings. The van der Waals surface area contributed by atoms with Crippen molar-refractivity contribution in [3.63, 3.8) is 0 Å². The van der Waals surface area contributed by atoms with Gasteiger partial charge in [0.25, 0.3) is 0 Å². The molecule has 0 saturated carbocycles. The van der Waals surface area contributed by atoms with E-state index in [2.05, 4.69) is 0 Å². The van der Waals surface area contributed by atoms with Gasteiger partial charge in [-0.15, -0.1) is 0 Å². The standard InChI is InChI=1S/C16H24N2O4/c1-20-14-5-4-11(7-15(14)21-2)12-6-13(17)9-18(8-12)10-16(19)22-3/h4-5,7,12-13H,6,8-10,17H2,1-3H3. The molecule has 1 fully saturated rings. The summed E-state index contributed by atoms with van der Waals surface area (Å²) in [4.78, 5) is 13.5. The second kappa shape index (κ2) is 7.47. The van der Waals surface area contributed by atoms with Crippen LogP contribution in [0.25, 0.3) is 0 Å². The zero-order valence-electron chi connectivity index (χ0n) is 13.4. The van der Waals surface area contributed by atoms with Crippen LogP contribution in [0.3, 0.4) is 0 Å². The van der Waals surface area contributed by atoms with E-state index in [1.807, 2.05) is 23.1 Å². The number of benzene rings is 1. The molecule has 1 heterocycles. The summed E-state index contributed by atoms with van der Waals surface area (Å²) >= 11 is 0. The highest BCUT2D eigenvalue weighted by atomic mass is 16.5. The Morgan fingerprint density at radius 2 is 1.95 bits per heavy atom. The molecule has 0 bridgehead atoms. The summed E-state index contributed by atoms with van der Waals surface area (Å²) in [5.74, 6) is 1.44. The molecule has 22 heavy (non-hydrogen) atoms. The predicted molar refractivity (Wildman–Crippen MR) is 83.3 cm³/mol. The van der Waals surface area contributed by atoms with E-state index < -0.39 is 0 Å². The number of carbonyl (C=O) groups is 1. The van der Waals surface area contributed by atoms with Gasteiger partial charge in [0.2, 0.25) is 0 Å². The van der Waals surface area contributed by atoms with Gasteiger partial charge in [-0.2, -0.15) is 0 Å². The van der Waals surface area contributed by atoms with Crippen LogP contribution in [0.1, 0.15) is 17.9 Å². The van der Waals surface area contributed by atoms with E-state index in [1.54, 1.807) is 14.2 Å². The molecule has 0 radical (unpaired) electrons. The fourth-order valence-corrected chi connectivity index (χ4v) is 2.96. The topological polar surface area (TPSA) is 74.0 Å². The van der Waals surface area contributed by atoms with Gasteiger partial charge in [0.1, 0.15) is 0 Å². The molecule has 1 aromatic carbocycles. The van der Waals surface area contributed by atoms with Crippen molar-refractivity contribution in [1.82, 2.24) is 4.90 Å². The number of hydrogen-bond donors (Lipinski definition) is 1. The summed E-state index contributed by atoms with van der Waals surface area (Å²) in [5.41, 5.74) is 7.29. The lowest BCUT2D eigenvalue weighted by atomic mass is 9.88. The number of likely N-dealkylation sites (tertiary alicyclic amines) is 1. The van der Waals surface area contributed by atoms with Gasteiger partial charge in [0.05, 0.1) is 27.9 Å². The summed E-state index contributed by atoms with van der Waals surface area (Å²) in [6.45, 7) is 1.76. The molecule has 6 nitrogen and oxygen atoms in total. The zero-order chi connectivity index (χ0) is 16.1. The normalized spacial score (nSPS) is 22.2. The van der Waals surface area contributed by atoms with E-state index in [0.29, 0.717) is 18.0 Å². The number of methoxy groups -OCH3 is 3. The second-order valence-corrected chi connectivity index (χ2v) is 5.58. The van der Waals surface area contributed by atoms with E-state index in [9.17, 15) is 4.79 Å². The van der Waals surface area contributed by atoms with E-state index in [-0.39, 0.29) is 24.5 Å². The lowest BCUT2D eigenvalue weighted by Crippen LogP contribution is -2.48. The first-order chi connectivity index (χ1) is 10.6. The number of ether oxygens (including phenoxy) is 3. The minimum Gasteiger partial charge on any atom is -0.493 e. The number of nitrogens with two attached hydrogens (primary N) is 1. The Morgan fingerprint density at radius 1 is 1.23 bits per heavy atom. The molecule has 0 amide bonds. The van der Waals surface area contributed by atoms with Crippen molar-refractivity contribution in [2.75, 3.05) is 41.0 Å². The summed E-state index contributed by atoms with van der Waals surface area (Å²) in [6, 6.07) is 5.95. The maximum absolute atomic E-state index is 11.5. The first-order valence-corrected chi connectivity index (χ1v) is 7.34. The third-order valence-electron chi connectivity index (χ3n) is 4.02. The average Bonchev–Trinajstić information content (AvgIpc) is 2.53. The Bertz CT molecular complexity index is 521. The van der Waals surface area contributed by atoms with Crippen LogP contribution in [0.15, 0.2) is 18.2 Å². The van der Waals surface area contributed by atoms with Crippen molar-refractivity contribution in [1.29, 1.82) is 0 Å². The summed E-state index contributed by atoms with van der Waals surface area (Å²) in [5, 5.41) is 0. The second-order valence-electron chi connectivity index (χ2n) is 5.58. The van der Waals surface area contributed by atoms with Crippen molar-refractivity contribution < 1.29 is 19.0 Å². The molecule has 0 aliphatic carbocycles. The highest BCUT2D eigenvalue weighted by Gasteiger charge is 2.28. The Morgan fingerprint density at radius 3 is 2.59 bits per heavy atom. The zero-order valence-corrected chi connectivity index (χ0v) is 13.4. The minimum atomic E-state index is -0.236. The molecule has 6 heteroatoms. The van der Waals surface area contributed by atoms with Gasteiger partial charge in [-0.1, -0.05) is 6.07 Å². The quantitative estimate of drug-likeness (QED) is 0.818. The van der Waals surface area contributed by atoms with Crippen LogP contribution in [-0.4, -0.2) is 57.9 Å². The molecule has 1 saturated heterocycles. The summed E-state index contributed by atoms with van der Waals surface area (Å²) < 4.78 is 15.4. The third kappa shape index (κ3) is 3.90. The van der Waals surface area contributed by atoms with E-state index in [0.717, 1.165) is 18.5 Å². The highest BCUT2D eigenvalue weighted by molar-refractivity contribution is 5.71. The average molecular weight is 308 g/mol. The molecule has 2 rings (SSSR count). The molecular formula is C16H24N2O4. The minimum absolute atomic E-state index is 0.0384. The number of nitrogens with zero attached hydrogens (tertiary/aromatic N) is 1. The molecule has 1 aliphatic heterocycles. The Labute approximate surface area is 131 Å². The monoisotopic (exact) mass is 308 g/mol. The number of esters is 1. The van der Waals surface area contributed by atoms with E-state index in [4.69, 9.17) is 19.9 Å². The number of hydrogen-bond acceptors (Lipinski definition) is 6. The maximum atomic E-state index is 11.5. The van der Waals surface area contributed by atoms with Gasteiger partial charge in [-0.05, 0) is 30.0 Å². The van der Waals surface area contributed by atoms with Crippen LogP contribution < -0.4 is 15.2 Å². The molecular weight excluding hydrogens is 284 g/mol. The molecule has 2 atom stereocenters. The van der Waals surface area contributed by atoms with Crippen molar-refractivity contribution >= 4 is 5.97 Å². The van der Waals surface area contributed by atoms with Crippen LogP contribution in [0.4, 0.5) is 0 Å². The Hall–Kier alpha value is -1.79. The van der Waals surface area contributed by atoms with Gasteiger partial charge in [0.15, 0.2) is 11.5 Å². The smallest absolute Gasteiger partial charge is 0.319 e. The first-order valence-electron chi connectivity index (χ1n) is 7.34. The Kier molecular flexibility index (Phi) is 5.63. The fraction of sp³-hybridized carbons (Fsp3) is 0.562. The van der Waals surface area contributed by atoms with E-state index in [1.165, 1.54) is 7.11 Å². The van der Waals surface area contributed by atoms with Gasteiger partial charge in [-0.25, -0.2) is 0 Å². The predicted octanol–water partition coefficient (Wildman–Crippen LogP) is 0.993. The molecule has 122 valence electrons. The molecule has 0 spiro atoms. The number of carbonyl (C=O) groups excluding carboxylic acids is 1. The highest BCUT2D eigenvalue weighted by Crippen LogP contribution is 2.33. The molecule has 2 unspecified atom stereocenters. The molecule has 2 N–H and O–H groups in total. The van der Waals surface area contributed by atoms with Crippen molar-refractivity contribution in [3.8, 4) is 11.5 Å². The van der Waals surface area contributed by atoms with Crippen molar-refractivity contribution in [2.45, 2.75) is 18.4 Å². The summed E-state index contributed by atoms with van der Waals surface area (Å²) in [6.07, 6.45) is 0.882. The molecule has 1 aliphatic rings. The fourth-order valence-electron chi connectivity index (χ4n) is 2.96. The van der Waals surface area contributed by atoms with Crippen molar-refractivity contribution in [3.05, 3.63) is 23.8 Å². The van der Waals surface area contributed by atoms with Crippen LogP contribution in [0.2, 0.25) is 0 Å². The SMILES string of the molecule is COC(=O)CN1CC(N)CC(c2ccc(OC)c(OC)c2)C1. The number of rotatable bonds is 5. The lowest BCUT2D eigenvalue weighted by molar-refractivity contribution is -0.142. The van der Waals surface area contributed by atoms with Crippen LogP contribution in [0.5, 0.6) is 11.5 Å². The summed E-state index contributed by atoms with van der Waals surface area (Å²) in [7, 11) is 4.64. The lowest BCUT2D eigenvalue weighted by Gasteiger charge is -2.36. The van der Waals surface area contributed by atoms with Crippen molar-refractivity contribution in [2.24, 2.45) is 5.73 Å². The molecule has 0 aromatic heterocycles. The van der Waals surface area contributed by atoms with Gasteiger partial charge in [0, 0.05) is 19.1 Å². The van der Waals surface area contributed by atoms with Crippen LogP contribution >= 0.6 is 0 Å².